The van der Waals surface area contributed by atoms with Crippen molar-refractivity contribution in [2.24, 2.45) is 4.99 Å². The summed E-state index contributed by atoms with van der Waals surface area (Å²) in [6.45, 7) is 1.78. The molecule has 0 saturated carbocycles. The maximum absolute atomic E-state index is 10.5. The zero-order chi connectivity index (χ0) is 6.15. The molecule has 8 heavy (non-hydrogen) atoms. The minimum atomic E-state index is -0.125. The monoisotopic (exact) mass is 149 g/mol. The molecule has 2 nitrogen and oxygen atoms in total. The summed E-state index contributed by atoms with van der Waals surface area (Å²) in [4.78, 5) is 14.0. The molecule has 1 atom stereocenters. The Morgan fingerprint density at radius 1 is 1.88 bits per heavy atom. The first-order chi connectivity index (χ1) is 3.70. The minimum Gasteiger partial charge on any atom is -0.271 e. The molecule has 0 spiro atoms. The quantitative estimate of drug-likeness (QED) is 0.519. The fraction of sp³-hybridized carbons (Fsp3) is 0.500. The molecule has 0 aromatic heterocycles. The Balaban J connectivity index is 2.70. The summed E-state index contributed by atoms with van der Waals surface area (Å²) in [6, 6.07) is 0. The number of halogens is 1. The van der Waals surface area contributed by atoms with Gasteiger partial charge in [0.1, 0.15) is 0 Å². The van der Waals surface area contributed by atoms with E-state index in [2.05, 4.69) is 4.99 Å². The fourth-order valence-electron chi connectivity index (χ4n) is 0.400. The fourth-order valence-corrected chi connectivity index (χ4v) is 1.47. The number of hydrogen-bond acceptors (Lipinski definition) is 2. The van der Waals surface area contributed by atoms with Crippen LogP contribution in [0.2, 0.25) is 0 Å². The smallest absolute Gasteiger partial charge is 0.260 e. The maximum atomic E-state index is 10.5. The average molecular weight is 150 g/mol. The number of carbonyl (C=O) groups excluding carboxylic acids is 1. The van der Waals surface area contributed by atoms with Crippen LogP contribution in [0.4, 0.5) is 0 Å². The van der Waals surface area contributed by atoms with Gasteiger partial charge in [0.25, 0.3) is 5.91 Å². The third kappa shape index (κ3) is 1.03. The van der Waals surface area contributed by atoms with E-state index >= 15 is 0 Å². The lowest BCUT2D eigenvalue weighted by Gasteiger charge is -1.89. The van der Waals surface area contributed by atoms with Crippen molar-refractivity contribution in [3.8, 4) is 0 Å². The Morgan fingerprint density at radius 2 is 2.50 bits per heavy atom. The van der Waals surface area contributed by atoms with E-state index in [0.717, 1.165) is 0 Å². The summed E-state index contributed by atoms with van der Waals surface area (Å²) in [5.74, 6) is -0.125. The highest BCUT2D eigenvalue weighted by Gasteiger charge is 2.21. The lowest BCUT2D eigenvalue weighted by Crippen LogP contribution is -2.02. The summed E-state index contributed by atoms with van der Waals surface area (Å²) in [6.07, 6.45) is 0. The largest absolute Gasteiger partial charge is 0.271 e. The number of amides is 1. The van der Waals surface area contributed by atoms with Gasteiger partial charge in [-0.15, -0.1) is 0 Å². The van der Waals surface area contributed by atoms with Gasteiger partial charge in [-0.3, -0.25) is 4.79 Å². The van der Waals surface area contributed by atoms with E-state index in [0.29, 0.717) is 4.50 Å². The molecule has 1 rings (SSSR count). The van der Waals surface area contributed by atoms with E-state index in [1.165, 1.54) is 11.8 Å². The molecule has 0 N–H and O–H groups in total. The van der Waals surface area contributed by atoms with E-state index < -0.39 is 0 Å². The first-order valence-corrected chi connectivity index (χ1v) is 3.40. The molecular formula is C4H4ClNOS. The average Bonchev–Trinajstić information content (AvgIpc) is 1.85. The van der Waals surface area contributed by atoms with Crippen LogP contribution in [-0.2, 0) is 4.79 Å². The molecule has 0 aromatic carbocycles. The lowest BCUT2D eigenvalue weighted by atomic mass is 10.5. The molecule has 0 radical (unpaired) electrons. The van der Waals surface area contributed by atoms with Crippen molar-refractivity contribution in [3.63, 3.8) is 0 Å². The van der Waals surface area contributed by atoms with Crippen molar-refractivity contribution in [2.75, 3.05) is 0 Å². The Labute approximate surface area is 56.3 Å². The highest BCUT2D eigenvalue weighted by Crippen LogP contribution is 2.23. The molecule has 1 aliphatic heterocycles. The number of nitrogens with zero attached hydrogens (tertiary/aromatic N) is 1. The van der Waals surface area contributed by atoms with Crippen LogP contribution >= 0.6 is 23.4 Å². The third-order valence-electron chi connectivity index (χ3n) is 0.820. The number of hydrogen-bond donors (Lipinski definition) is 0. The van der Waals surface area contributed by atoms with Gasteiger partial charge in [0.15, 0.2) is 4.50 Å². The van der Waals surface area contributed by atoms with Crippen molar-refractivity contribution < 1.29 is 4.79 Å². The first-order valence-electron chi connectivity index (χ1n) is 2.15. The zero-order valence-electron chi connectivity index (χ0n) is 4.22. The second kappa shape index (κ2) is 2.07. The molecule has 0 bridgehead atoms. The van der Waals surface area contributed by atoms with Crippen LogP contribution in [0.1, 0.15) is 6.92 Å². The number of aliphatic imine (C=N–C) groups is 1. The van der Waals surface area contributed by atoms with Gasteiger partial charge in [-0.05, 0) is 6.92 Å². The third-order valence-corrected chi connectivity index (χ3v) is 2.01. The molecule has 1 unspecified atom stereocenters. The van der Waals surface area contributed by atoms with Crippen LogP contribution in [-0.4, -0.2) is 15.7 Å². The molecule has 44 valence electrons. The van der Waals surface area contributed by atoms with Crippen molar-refractivity contribution in [1.29, 1.82) is 0 Å². The van der Waals surface area contributed by atoms with Crippen LogP contribution in [0, 0.1) is 0 Å². The summed E-state index contributed by atoms with van der Waals surface area (Å²) in [7, 11) is 0. The molecule has 0 aromatic rings. The Morgan fingerprint density at radius 3 is 2.62 bits per heavy atom. The van der Waals surface area contributed by atoms with Crippen molar-refractivity contribution in [2.45, 2.75) is 12.2 Å². The molecule has 1 heterocycles. The Hall–Kier alpha value is -0.0200. The van der Waals surface area contributed by atoms with Crippen LogP contribution in [0.3, 0.4) is 0 Å². The SMILES string of the molecule is CC1SC(Cl)=NC1=O. The van der Waals surface area contributed by atoms with Crippen LogP contribution in [0.25, 0.3) is 0 Å². The van der Waals surface area contributed by atoms with E-state index in [9.17, 15) is 4.79 Å². The number of rotatable bonds is 0. The van der Waals surface area contributed by atoms with Gasteiger partial charge in [0.05, 0.1) is 5.25 Å². The Bertz CT molecular complexity index is 156. The molecule has 1 amide bonds. The summed E-state index contributed by atoms with van der Waals surface area (Å²) < 4.78 is 0.363. The van der Waals surface area contributed by atoms with Crippen LogP contribution in [0.15, 0.2) is 4.99 Å². The van der Waals surface area contributed by atoms with E-state index in [1.54, 1.807) is 6.92 Å². The molecule has 4 heteroatoms. The number of thioether (sulfide) groups is 1. The predicted octanol–water partition coefficient (Wildman–Crippen LogP) is 1.24. The minimum absolute atomic E-state index is 0.0671. The molecular weight excluding hydrogens is 146 g/mol. The highest BCUT2D eigenvalue weighted by molar-refractivity contribution is 8.18. The van der Waals surface area contributed by atoms with E-state index in [1.807, 2.05) is 0 Å². The number of carbonyl (C=O) groups is 1. The van der Waals surface area contributed by atoms with E-state index in [-0.39, 0.29) is 11.2 Å². The molecule has 0 saturated heterocycles. The summed E-state index contributed by atoms with van der Waals surface area (Å²) in [5, 5.41) is -0.0671. The normalized spacial score (nSPS) is 28.5. The van der Waals surface area contributed by atoms with Gasteiger partial charge in [0, 0.05) is 0 Å². The topological polar surface area (TPSA) is 29.4 Å². The first kappa shape index (κ1) is 6.11. The lowest BCUT2D eigenvalue weighted by molar-refractivity contribution is -0.116. The zero-order valence-corrected chi connectivity index (χ0v) is 5.79. The highest BCUT2D eigenvalue weighted by atomic mass is 35.5. The van der Waals surface area contributed by atoms with Gasteiger partial charge in [0.2, 0.25) is 0 Å². The van der Waals surface area contributed by atoms with Gasteiger partial charge < -0.3 is 0 Å². The van der Waals surface area contributed by atoms with Gasteiger partial charge in [-0.1, -0.05) is 23.4 Å². The van der Waals surface area contributed by atoms with Crippen molar-refractivity contribution in [3.05, 3.63) is 0 Å². The van der Waals surface area contributed by atoms with Gasteiger partial charge in [-0.25, -0.2) is 0 Å². The standard InChI is InChI=1S/C4H4ClNOS/c1-2-3(7)6-4(5)8-2/h2H,1H3. The Kier molecular flexibility index (Phi) is 1.58. The van der Waals surface area contributed by atoms with Crippen LogP contribution < -0.4 is 0 Å². The second-order valence-corrected chi connectivity index (χ2v) is 3.37. The van der Waals surface area contributed by atoms with Gasteiger partial charge in [-0.2, -0.15) is 4.99 Å². The van der Waals surface area contributed by atoms with Crippen LogP contribution in [0.5, 0.6) is 0 Å². The van der Waals surface area contributed by atoms with E-state index in [4.69, 9.17) is 11.6 Å². The van der Waals surface area contributed by atoms with Crippen molar-refractivity contribution >= 4 is 33.8 Å². The summed E-state index contributed by atoms with van der Waals surface area (Å²) >= 11 is 6.69. The maximum Gasteiger partial charge on any atom is 0.260 e. The predicted molar refractivity (Wildman–Crippen MR) is 35.3 cm³/mol. The molecule has 0 fully saturated rings. The summed E-state index contributed by atoms with van der Waals surface area (Å²) in [5.41, 5.74) is 0. The molecule has 0 aliphatic carbocycles. The second-order valence-electron chi connectivity index (χ2n) is 1.46. The molecule has 1 aliphatic rings. The van der Waals surface area contributed by atoms with Gasteiger partial charge >= 0.3 is 0 Å². The van der Waals surface area contributed by atoms with Crippen molar-refractivity contribution in [1.82, 2.24) is 0 Å².